The van der Waals surface area contributed by atoms with E-state index in [1.165, 1.54) is 23.3 Å². The van der Waals surface area contributed by atoms with Crippen molar-refractivity contribution in [3.63, 3.8) is 0 Å². The number of guanidine groups is 1. The molecule has 0 bridgehead atoms. The van der Waals surface area contributed by atoms with E-state index in [1.54, 1.807) is 11.3 Å². The van der Waals surface area contributed by atoms with Gasteiger partial charge in [0.05, 0.1) is 6.54 Å². The molecule has 24 heavy (non-hydrogen) atoms. The van der Waals surface area contributed by atoms with Crippen molar-refractivity contribution < 1.29 is 0 Å². The van der Waals surface area contributed by atoms with Gasteiger partial charge in [-0.3, -0.25) is 0 Å². The molecular formula is C18H23ClN4S. The molecule has 0 aliphatic heterocycles. The molecule has 1 fully saturated rings. The highest BCUT2D eigenvalue weighted by atomic mass is 35.5. The maximum absolute atomic E-state index is 6.15. The molecule has 0 atom stereocenters. The lowest BCUT2D eigenvalue weighted by Crippen LogP contribution is -2.41. The van der Waals surface area contributed by atoms with Crippen LogP contribution in [0.1, 0.15) is 35.2 Å². The van der Waals surface area contributed by atoms with Gasteiger partial charge in [-0.1, -0.05) is 23.7 Å². The molecule has 0 spiro atoms. The first kappa shape index (κ1) is 17.2. The van der Waals surface area contributed by atoms with Crippen LogP contribution in [0.5, 0.6) is 0 Å². The quantitative estimate of drug-likeness (QED) is 0.605. The predicted molar refractivity (Wildman–Crippen MR) is 102 cm³/mol. The Bertz CT molecular complexity index is 721. The van der Waals surface area contributed by atoms with E-state index in [2.05, 4.69) is 46.6 Å². The minimum Gasteiger partial charge on any atom is -0.357 e. The summed E-state index contributed by atoms with van der Waals surface area (Å²) in [6, 6.07) is 8.21. The molecular weight excluding hydrogens is 340 g/mol. The van der Waals surface area contributed by atoms with Gasteiger partial charge < -0.3 is 10.6 Å². The normalized spacial score (nSPS) is 16.0. The number of nitrogens with zero attached hydrogens (tertiary/aromatic N) is 2. The molecule has 6 heteroatoms. The van der Waals surface area contributed by atoms with Crippen LogP contribution >= 0.6 is 22.9 Å². The third kappa shape index (κ3) is 4.28. The Morgan fingerprint density at radius 2 is 2.21 bits per heavy atom. The van der Waals surface area contributed by atoms with Gasteiger partial charge in [-0.05, 0) is 44.4 Å². The summed E-state index contributed by atoms with van der Waals surface area (Å²) in [5.41, 5.74) is 1.51. The molecule has 0 radical (unpaired) electrons. The van der Waals surface area contributed by atoms with Crippen LogP contribution in [0.3, 0.4) is 0 Å². The lowest BCUT2D eigenvalue weighted by molar-refractivity contribution is 0.646. The standard InChI is InChI=1S/C18H23ClN4S/c1-3-20-17(22-11-16-21-10-13(2)24-16)23-12-18(7-8-18)14-5-4-6-15(19)9-14/h4-6,9-10H,3,7-8,11-12H2,1-2H3,(H2,20,22,23). The monoisotopic (exact) mass is 362 g/mol. The van der Waals surface area contributed by atoms with E-state index in [9.17, 15) is 0 Å². The number of aliphatic imine (C=N–C) groups is 1. The number of aryl methyl sites for hydroxylation is 1. The Morgan fingerprint density at radius 1 is 1.38 bits per heavy atom. The lowest BCUT2D eigenvalue weighted by Gasteiger charge is -2.19. The zero-order valence-corrected chi connectivity index (χ0v) is 15.7. The number of thiazole rings is 1. The summed E-state index contributed by atoms with van der Waals surface area (Å²) < 4.78 is 0. The van der Waals surface area contributed by atoms with Crippen LogP contribution in [0.2, 0.25) is 5.02 Å². The zero-order valence-electron chi connectivity index (χ0n) is 14.1. The smallest absolute Gasteiger partial charge is 0.191 e. The van der Waals surface area contributed by atoms with Gasteiger partial charge in [0.25, 0.3) is 0 Å². The Hall–Kier alpha value is -1.59. The van der Waals surface area contributed by atoms with E-state index >= 15 is 0 Å². The number of hydrogen-bond acceptors (Lipinski definition) is 3. The topological polar surface area (TPSA) is 49.3 Å². The molecule has 2 aromatic rings. The Labute approximate surface area is 152 Å². The third-order valence-corrected chi connectivity index (χ3v) is 5.40. The van der Waals surface area contributed by atoms with E-state index in [0.29, 0.717) is 6.54 Å². The Balaban J connectivity index is 1.63. The van der Waals surface area contributed by atoms with Crippen LogP contribution in [-0.4, -0.2) is 24.0 Å². The van der Waals surface area contributed by atoms with Crippen LogP contribution in [0.15, 0.2) is 35.5 Å². The summed E-state index contributed by atoms with van der Waals surface area (Å²) in [7, 11) is 0. The van der Waals surface area contributed by atoms with Crippen molar-refractivity contribution in [3.05, 3.63) is 50.9 Å². The fraction of sp³-hybridized carbons (Fsp3) is 0.444. The fourth-order valence-corrected chi connectivity index (χ4v) is 3.65. The van der Waals surface area contributed by atoms with Crippen molar-refractivity contribution >= 4 is 28.9 Å². The fourth-order valence-electron chi connectivity index (χ4n) is 2.75. The van der Waals surface area contributed by atoms with Gasteiger partial charge in [0.2, 0.25) is 0 Å². The van der Waals surface area contributed by atoms with Crippen LogP contribution in [-0.2, 0) is 12.0 Å². The highest BCUT2D eigenvalue weighted by Crippen LogP contribution is 2.48. The van der Waals surface area contributed by atoms with Gasteiger partial charge in [-0.25, -0.2) is 9.98 Å². The average Bonchev–Trinajstić information content (AvgIpc) is 3.25. The number of aromatic nitrogens is 1. The molecule has 1 aliphatic carbocycles. The summed E-state index contributed by atoms with van der Waals surface area (Å²) in [5.74, 6) is 0.846. The first-order valence-electron chi connectivity index (χ1n) is 8.31. The molecule has 4 nitrogen and oxygen atoms in total. The largest absolute Gasteiger partial charge is 0.357 e. The number of nitrogens with one attached hydrogen (secondary N) is 2. The van der Waals surface area contributed by atoms with Crippen molar-refractivity contribution in [3.8, 4) is 0 Å². The van der Waals surface area contributed by atoms with Crippen LogP contribution in [0.25, 0.3) is 0 Å². The summed E-state index contributed by atoms with van der Waals surface area (Å²) in [5, 5.41) is 8.65. The van der Waals surface area contributed by atoms with Gasteiger partial charge in [0, 0.05) is 34.6 Å². The SMILES string of the molecule is CCNC(=NCc1ncc(C)s1)NCC1(c2cccc(Cl)c2)CC1. The van der Waals surface area contributed by atoms with Crippen molar-refractivity contribution in [1.29, 1.82) is 0 Å². The minimum atomic E-state index is 0.193. The number of hydrogen-bond donors (Lipinski definition) is 2. The first-order chi connectivity index (χ1) is 11.6. The van der Waals surface area contributed by atoms with Crippen LogP contribution in [0, 0.1) is 6.92 Å². The number of rotatable bonds is 6. The summed E-state index contributed by atoms with van der Waals surface area (Å²) in [4.78, 5) is 10.2. The maximum atomic E-state index is 6.15. The zero-order chi connectivity index (χ0) is 17.0. The second-order valence-corrected chi connectivity index (χ2v) is 7.96. The summed E-state index contributed by atoms with van der Waals surface area (Å²) >= 11 is 7.84. The van der Waals surface area contributed by atoms with E-state index in [1.807, 2.05) is 18.3 Å². The molecule has 1 aromatic carbocycles. The highest BCUT2D eigenvalue weighted by molar-refractivity contribution is 7.11. The number of halogens is 1. The minimum absolute atomic E-state index is 0.193. The lowest BCUT2D eigenvalue weighted by atomic mass is 9.96. The predicted octanol–water partition coefficient (Wildman–Crippen LogP) is 3.89. The van der Waals surface area contributed by atoms with E-state index in [0.717, 1.165) is 29.1 Å². The molecule has 0 unspecified atom stereocenters. The van der Waals surface area contributed by atoms with E-state index in [4.69, 9.17) is 11.6 Å². The van der Waals surface area contributed by atoms with Crippen LogP contribution < -0.4 is 10.6 Å². The second-order valence-electron chi connectivity index (χ2n) is 6.20. The highest BCUT2D eigenvalue weighted by Gasteiger charge is 2.44. The second kappa shape index (κ2) is 7.53. The molecule has 3 rings (SSSR count). The molecule has 1 saturated carbocycles. The molecule has 1 aromatic heterocycles. The van der Waals surface area contributed by atoms with E-state index < -0.39 is 0 Å². The van der Waals surface area contributed by atoms with Crippen molar-refractivity contribution in [2.24, 2.45) is 4.99 Å². The third-order valence-electron chi connectivity index (χ3n) is 4.27. The number of benzene rings is 1. The summed E-state index contributed by atoms with van der Waals surface area (Å²) in [6.07, 6.45) is 4.27. The van der Waals surface area contributed by atoms with Gasteiger partial charge in [-0.15, -0.1) is 11.3 Å². The molecule has 128 valence electrons. The Kier molecular flexibility index (Phi) is 5.41. The molecule has 0 saturated heterocycles. The molecule has 1 aliphatic rings. The molecule has 0 amide bonds. The molecule has 2 N–H and O–H groups in total. The van der Waals surface area contributed by atoms with Gasteiger partial charge in [-0.2, -0.15) is 0 Å². The Morgan fingerprint density at radius 3 is 2.83 bits per heavy atom. The van der Waals surface area contributed by atoms with Gasteiger partial charge in [0.15, 0.2) is 5.96 Å². The van der Waals surface area contributed by atoms with Gasteiger partial charge in [0.1, 0.15) is 5.01 Å². The van der Waals surface area contributed by atoms with Crippen LogP contribution in [0.4, 0.5) is 0 Å². The van der Waals surface area contributed by atoms with Crippen molar-refractivity contribution in [1.82, 2.24) is 15.6 Å². The molecule has 1 heterocycles. The average molecular weight is 363 g/mol. The first-order valence-corrected chi connectivity index (χ1v) is 9.50. The van der Waals surface area contributed by atoms with E-state index in [-0.39, 0.29) is 5.41 Å². The van der Waals surface area contributed by atoms with Crippen molar-refractivity contribution in [2.75, 3.05) is 13.1 Å². The maximum Gasteiger partial charge on any atom is 0.191 e. The van der Waals surface area contributed by atoms with Gasteiger partial charge >= 0.3 is 0 Å². The summed E-state index contributed by atoms with van der Waals surface area (Å²) in [6.45, 7) is 6.46. The van der Waals surface area contributed by atoms with Crippen molar-refractivity contribution in [2.45, 2.75) is 38.6 Å².